The van der Waals surface area contributed by atoms with E-state index < -0.39 is 6.17 Å². The largest absolute Gasteiger partial charge is 0.494 e. The van der Waals surface area contributed by atoms with Crippen LogP contribution < -0.4 is 10.1 Å². The molecular formula is C17H18FNO. The highest BCUT2D eigenvalue weighted by Crippen LogP contribution is 2.36. The van der Waals surface area contributed by atoms with Crippen LogP contribution in [0.15, 0.2) is 42.5 Å². The van der Waals surface area contributed by atoms with E-state index in [-0.39, 0.29) is 0 Å². The number of hydrogen-bond acceptors (Lipinski definition) is 2. The summed E-state index contributed by atoms with van der Waals surface area (Å²) in [5.41, 5.74) is 3.56. The fourth-order valence-corrected chi connectivity index (χ4v) is 2.66. The van der Waals surface area contributed by atoms with Gasteiger partial charge < -0.3 is 10.1 Å². The first kappa shape index (κ1) is 13.0. The lowest BCUT2D eigenvalue weighted by molar-refractivity contribution is 0.339. The van der Waals surface area contributed by atoms with Crippen molar-refractivity contribution in [3.63, 3.8) is 0 Å². The number of rotatable bonds is 4. The topological polar surface area (TPSA) is 21.3 Å². The molecule has 0 radical (unpaired) electrons. The average molecular weight is 271 g/mol. The number of alkyl halides is 1. The monoisotopic (exact) mass is 271 g/mol. The summed E-state index contributed by atoms with van der Waals surface area (Å²) in [5.74, 6) is 0.778. The maximum atomic E-state index is 14.8. The quantitative estimate of drug-likeness (QED) is 0.903. The van der Waals surface area contributed by atoms with Crippen LogP contribution in [0.3, 0.4) is 0 Å². The zero-order valence-corrected chi connectivity index (χ0v) is 11.5. The molecule has 1 unspecified atom stereocenters. The van der Waals surface area contributed by atoms with Gasteiger partial charge in [0.15, 0.2) is 6.17 Å². The predicted octanol–water partition coefficient (Wildman–Crippen LogP) is 4.11. The molecule has 0 aliphatic carbocycles. The molecule has 1 atom stereocenters. The van der Waals surface area contributed by atoms with E-state index in [0.29, 0.717) is 12.2 Å². The Balaban J connectivity index is 1.89. The van der Waals surface area contributed by atoms with Crippen LogP contribution in [-0.2, 0) is 6.42 Å². The second kappa shape index (κ2) is 5.53. The number of anilines is 1. The Labute approximate surface area is 118 Å². The van der Waals surface area contributed by atoms with Crippen molar-refractivity contribution in [2.75, 3.05) is 18.5 Å². The fraction of sp³-hybridized carbons (Fsp3) is 0.294. The lowest BCUT2D eigenvalue weighted by atomic mass is 9.99. The molecule has 0 saturated heterocycles. The number of ether oxygens (including phenoxy) is 1. The summed E-state index contributed by atoms with van der Waals surface area (Å²) in [7, 11) is 0. The molecule has 104 valence electrons. The van der Waals surface area contributed by atoms with E-state index in [1.807, 2.05) is 31.2 Å². The lowest BCUT2D eigenvalue weighted by Crippen LogP contribution is -2.00. The molecular weight excluding hydrogens is 253 g/mol. The van der Waals surface area contributed by atoms with Crippen LogP contribution >= 0.6 is 0 Å². The molecule has 1 heterocycles. The summed E-state index contributed by atoms with van der Waals surface area (Å²) >= 11 is 0. The van der Waals surface area contributed by atoms with Crippen molar-refractivity contribution >= 4 is 5.69 Å². The van der Waals surface area contributed by atoms with Crippen LogP contribution in [0.1, 0.15) is 29.8 Å². The summed E-state index contributed by atoms with van der Waals surface area (Å²) in [6.45, 7) is 3.45. The molecule has 0 spiro atoms. The fourth-order valence-electron chi connectivity index (χ4n) is 2.66. The Morgan fingerprint density at radius 2 is 2.00 bits per heavy atom. The van der Waals surface area contributed by atoms with Crippen molar-refractivity contribution in [2.45, 2.75) is 19.5 Å². The first-order valence-electron chi connectivity index (χ1n) is 7.02. The van der Waals surface area contributed by atoms with Gasteiger partial charge in [-0.15, -0.1) is 0 Å². The van der Waals surface area contributed by atoms with Gasteiger partial charge in [-0.05, 0) is 36.6 Å². The van der Waals surface area contributed by atoms with Crippen LogP contribution in [0.2, 0.25) is 0 Å². The maximum absolute atomic E-state index is 14.8. The standard InChI is InChI=1S/C17H18FNO/c1-2-20-14-8-6-12(7-9-14)16(18)15-5-3-4-13-10-11-19-17(13)15/h3-9,16,19H,2,10-11H2,1H3. The van der Waals surface area contributed by atoms with Crippen molar-refractivity contribution in [2.24, 2.45) is 0 Å². The van der Waals surface area contributed by atoms with E-state index in [0.717, 1.165) is 30.0 Å². The first-order chi connectivity index (χ1) is 9.79. The molecule has 0 aromatic heterocycles. The Morgan fingerprint density at radius 1 is 1.20 bits per heavy atom. The highest BCUT2D eigenvalue weighted by molar-refractivity contribution is 5.63. The average Bonchev–Trinajstić information content (AvgIpc) is 2.96. The summed E-state index contributed by atoms with van der Waals surface area (Å²) < 4.78 is 20.1. The molecule has 2 aromatic rings. The Morgan fingerprint density at radius 3 is 2.75 bits per heavy atom. The second-order valence-electron chi connectivity index (χ2n) is 4.92. The van der Waals surface area contributed by atoms with Gasteiger partial charge in [0.25, 0.3) is 0 Å². The minimum Gasteiger partial charge on any atom is -0.494 e. The third-order valence-corrected chi connectivity index (χ3v) is 3.64. The zero-order valence-electron chi connectivity index (χ0n) is 11.5. The number of benzene rings is 2. The minimum atomic E-state index is -1.11. The van der Waals surface area contributed by atoms with Crippen LogP contribution in [0.25, 0.3) is 0 Å². The smallest absolute Gasteiger partial charge is 0.152 e. The van der Waals surface area contributed by atoms with Gasteiger partial charge in [0.1, 0.15) is 5.75 Å². The molecule has 0 amide bonds. The van der Waals surface area contributed by atoms with Crippen LogP contribution in [-0.4, -0.2) is 13.2 Å². The number of nitrogens with one attached hydrogen (secondary N) is 1. The van der Waals surface area contributed by atoms with Crippen LogP contribution in [0, 0.1) is 0 Å². The highest BCUT2D eigenvalue weighted by atomic mass is 19.1. The van der Waals surface area contributed by atoms with Gasteiger partial charge in [-0.1, -0.05) is 30.3 Å². The molecule has 1 aliphatic rings. The lowest BCUT2D eigenvalue weighted by Gasteiger charge is -2.14. The van der Waals surface area contributed by atoms with Crippen LogP contribution in [0.5, 0.6) is 5.75 Å². The van der Waals surface area contributed by atoms with E-state index >= 15 is 0 Å². The second-order valence-corrected chi connectivity index (χ2v) is 4.92. The third kappa shape index (κ3) is 2.36. The van der Waals surface area contributed by atoms with Gasteiger partial charge in [0.05, 0.1) is 6.61 Å². The number of halogens is 1. The molecule has 3 heteroatoms. The van der Waals surface area contributed by atoms with E-state index in [1.54, 1.807) is 12.1 Å². The van der Waals surface area contributed by atoms with E-state index in [2.05, 4.69) is 11.4 Å². The SMILES string of the molecule is CCOc1ccc(C(F)c2cccc3c2NCC3)cc1. The Bertz CT molecular complexity index is 594. The van der Waals surface area contributed by atoms with Gasteiger partial charge in [0, 0.05) is 17.8 Å². The van der Waals surface area contributed by atoms with Gasteiger partial charge in [-0.2, -0.15) is 0 Å². The number of fused-ring (bicyclic) bond motifs is 1. The molecule has 2 nitrogen and oxygen atoms in total. The van der Waals surface area contributed by atoms with Crippen molar-refractivity contribution in [1.29, 1.82) is 0 Å². The number of hydrogen-bond donors (Lipinski definition) is 1. The van der Waals surface area contributed by atoms with Gasteiger partial charge >= 0.3 is 0 Å². The van der Waals surface area contributed by atoms with Gasteiger partial charge in [-0.3, -0.25) is 0 Å². The first-order valence-corrected chi connectivity index (χ1v) is 7.02. The minimum absolute atomic E-state index is 0.620. The van der Waals surface area contributed by atoms with Gasteiger partial charge in [-0.25, -0.2) is 4.39 Å². The molecule has 0 bridgehead atoms. The normalized spacial score (nSPS) is 14.5. The molecule has 3 rings (SSSR count). The van der Waals surface area contributed by atoms with Crippen molar-refractivity contribution < 1.29 is 9.13 Å². The van der Waals surface area contributed by atoms with Crippen molar-refractivity contribution in [3.8, 4) is 5.75 Å². The Hall–Kier alpha value is -2.03. The molecule has 20 heavy (non-hydrogen) atoms. The van der Waals surface area contributed by atoms with E-state index in [4.69, 9.17) is 4.74 Å². The van der Waals surface area contributed by atoms with Gasteiger partial charge in [0.2, 0.25) is 0 Å². The number of para-hydroxylation sites is 1. The predicted molar refractivity (Wildman–Crippen MR) is 79.2 cm³/mol. The summed E-state index contributed by atoms with van der Waals surface area (Å²) in [4.78, 5) is 0. The van der Waals surface area contributed by atoms with Crippen molar-refractivity contribution in [3.05, 3.63) is 59.2 Å². The molecule has 2 aromatic carbocycles. The Kier molecular flexibility index (Phi) is 3.59. The van der Waals surface area contributed by atoms with E-state index in [1.165, 1.54) is 5.56 Å². The molecule has 1 N–H and O–H groups in total. The maximum Gasteiger partial charge on any atom is 0.152 e. The zero-order chi connectivity index (χ0) is 13.9. The molecule has 1 aliphatic heterocycles. The third-order valence-electron chi connectivity index (χ3n) is 3.64. The summed E-state index contributed by atoms with van der Waals surface area (Å²) in [5, 5.41) is 3.29. The van der Waals surface area contributed by atoms with E-state index in [9.17, 15) is 4.39 Å². The molecule has 0 fully saturated rings. The molecule has 0 saturated carbocycles. The van der Waals surface area contributed by atoms with Crippen molar-refractivity contribution in [1.82, 2.24) is 0 Å². The highest BCUT2D eigenvalue weighted by Gasteiger charge is 2.21. The van der Waals surface area contributed by atoms with Crippen LogP contribution in [0.4, 0.5) is 10.1 Å². The summed E-state index contributed by atoms with van der Waals surface area (Å²) in [6, 6.07) is 13.1. The summed E-state index contributed by atoms with van der Waals surface area (Å²) in [6.07, 6.45) is -0.134.